The standard InChI is InChI=1S/C18H22FN7O/c19-12-7-13(8-12)26-2-1-14-15(11-9-21-17(20)22-10-11)23-18(24-16(14)26)25-3-5-27-6-4-25/h9-10,12-13H,1-8H2,(H2,20,21,22)/t12-,13-. The van der Waals surface area contributed by atoms with Gasteiger partial charge in [-0.05, 0) is 19.3 Å². The van der Waals surface area contributed by atoms with Gasteiger partial charge in [0.2, 0.25) is 11.9 Å². The van der Waals surface area contributed by atoms with Crippen LogP contribution in [0.3, 0.4) is 0 Å². The molecule has 142 valence electrons. The van der Waals surface area contributed by atoms with Crippen LogP contribution in [0.15, 0.2) is 12.4 Å². The average molecular weight is 371 g/mol. The third-order valence-corrected chi connectivity index (χ3v) is 5.58. The Bertz CT molecular complexity index is 834. The smallest absolute Gasteiger partial charge is 0.228 e. The summed E-state index contributed by atoms with van der Waals surface area (Å²) in [6, 6.07) is 0.226. The lowest BCUT2D eigenvalue weighted by molar-refractivity contribution is 0.122. The molecule has 2 aromatic heterocycles. The van der Waals surface area contributed by atoms with E-state index in [0.717, 1.165) is 48.7 Å². The summed E-state index contributed by atoms with van der Waals surface area (Å²) < 4.78 is 18.9. The van der Waals surface area contributed by atoms with Crippen LogP contribution in [0.25, 0.3) is 11.3 Å². The summed E-state index contributed by atoms with van der Waals surface area (Å²) >= 11 is 0. The predicted molar refractivity (Wildman–Crippen MR) is 99.5 cm³/mol. The average Bonchev–Trinajstić information content (AvgIpc) is 3.10. The molecule has 0 bridgehead atoms. The number of hydrogen-bond acceptors (Lipinski definition) is 8. The van der Waals surface area contributed by atoms with E-state index in [2.05, 4.69) is 19.8 Å². The van der Waals surface area contributed by atoms with Gasteiger partial charge in [-0.25, -0.2) is 19.3 Å². The molecule has 2 aliphatic heterocycles. The zero-order valence-corrected chi connectivity index (χ0v) is 15.0. The molecule has 0 unspecified atom stereocenters. The Hall–Kier alpha value is -2.55. The molecule has 4 heterocycles. The van der Waals surface area contributed by atoms with Crippen molar-refractivity contribution in [2.45, 2.75) is 31.5 Å². The quantitative estimate of drug-likeness (QED) is 0.861. The molecule has 0 aromatic carbocycles. The second-order valence-corrected chi connectivity index (χ2v) is 7.27. The Balaban J connectivity index is 1.58. The molecule has 5 rings (SSSR count). The molecule has 1 aliphatic carbocycles. The molecule has 0 atom stereocenters. The normalized spacial score (nSPS) is 24.6. The van der Waals surface area contributed by atoms with Gasteiger partial charge in [-0.2, -0.15) is 4.98 Å². The molecule has 2 fully saturated rings. The lowest BCUT2D eigenvalue weighted by Gasteiger charge is -2.38. The first-order chi connectivity index (χ1) is 13.2. The number of nitrogens with zero attached hydrogens (tertiary/aromatic N) is 6. The lowest BCUT2D eigenvalue weighted by Crippen LogP contribution is -2.45. The van der Waals surface area contributed by atoms with Crippen molar-refractivity contribution in [1.82, 2.24) is 19.9 Å². The number of ether oxygens (including phenoxy) is 1. The summed E-state index contributed by atoms with van der Waals surface area (Å²) in [5.41, 5.74) is 8.41. The van der Waals surface area contributed by atoms with Gasteiger partial charge in [0.15, 0.2) is 0 Å². The Labute approximate surface area is 156 Å². The molecular formula is C18H22FN7O. The molecule has 2 N–H and O–H groups in total. The summed E-state index contributed by atoms with van der Waals surface area (Å²) in [4.78, 5) is 22.4. The third kappa shape index (κ3) is 2.95. The fourth-order valence-electron chi connectivity index (χ4n) is 4.00. The van der Waals surface area contributed by atoms with Crippen LogP contribution >= 0.6 is 0 Å². The highest BCUT2D eigenvalue weighted by molar-refractivity contribution is 5.72. The Morgan fingerprint density at radius 1 is 1.07 bits per heavy atom. The van der Waals surface area contributed by atoms with Gasteiger partial charge in [0.1, 0.15) is 12.0 Å². The molecule has 0 spiro atoms. The van der Waals surface area contributed by atoms with Crippen LogP contribution in [0.1, 0.15) is 18.4 Å². The second kappa shape index (κ2) is 6.56. The van der Waals surface area contributed by atoms with Gasteiger partial charge in [0.25, 0.3) is 0 Å². The second-order valence-electron chi connectivity index (χ2n) is 7.27. The molecule has 1 saturated heterocycles. The van der Waals surface area contributed by atoms with Crippen molar-refractivity contribution < 1.29 is 9.13 Å². The van der Waals surface area contributed by atoms with E-state index in [1.807, 2.05) is 0 Å². The maximum Gasteiger partial charge on any atom is 0.228 e. The van der Waals surface area contributed by atoms with E-state index in [1.54, 1.807) is 12.4 Å². The van der Waals surface area contributed by atoms with Gasteiger partial charge in [0.05, 0.1) is 18.9 Å². The molecular weight excluding hydrogens is 349 g/mol. The Morgan fingerprint density at radius 2 is 1.81 bits per heavy atom. The van der Waals surface area contributed by atoms with Crippen molar-refractivity contribution >= 4 is 17.7 Å². The van der Waals surface area contributed by atoms with Crippen molar-refractivity contribution in [2.24, 2.45) is 0 Å². The van der Waals surface area contributed by atoms with Crippen LogP contribution in [-0.4, -0.2) is 65.0 Å². The summed E-state index contributed by atoms with van der Waals surface area (Å²) in [7, 11) is 0. The van der Waals surface area contributed by atoms with Crippen LogP contribution < -0.4 is 15.5 Å². The maximum absolute atomic E-state index is 13.4. The number of nitrogens with two attached hydrogens (primary N) is 1. The first-order valence-corrected chi connectivity index (χ1v) is 9.41. The fourth-order valence-corrected chi connectivity index (χ4v) is 4.00. The van der Waals surface area contributed by atoms with Crippen LogP contribution in [0.5, 0.6) is 0 Å². The minimum atomic E-state index is -0.690. The van der Waals surface area contributed by atoms with Crippen molar-refractivity contribution in [1.29, 1.82) is 0 Å². The van der Waals surface area contributed by atoms with E-state index < -0.39 is 6.17 Å². The summed E-state index contributed by atoms with van der Waals surface area (Å²) in [5.74, 6) is 1.85. The SMILES string of the molecule is Nc1ncc(-c2nc(N3CCOCC3)nc3c2CCN3[C@H]2C[C@H](F)C2)cn1. The topological polar surface area (TPSA) is 93.3 Å². The van der Waals surface area contributed by atoms with Crippen LogP contribution in [0, 0.1) is 0 Å². The Morgan fingerprint density at radius 3 is 2.52 bits per heavy atom. The zero-order valence-electron chi connectivity index (χ0n) is 15.0. The van der Waals surface area contributed by atoms with Gasteiger partial charge in [0, 0.05) is 49.2 Å². The van der Waals surface area contributed by atoms with Crippen molar-refractivity contribution in [3.63, 3.8) is 0 Å². The van der Waals surface area contributed by atoms with Crippen molar-refractivity contribution in [3.8, 4) is 11.3 Å². The van der Waals surface area contributed by atoms with Gasteiger partial charge >= 0.3 is 0 Å². The van der Waals surface area contributed by atoms with Gasteiger partial charge in [-0.15, -0.1) is 0 Å². The number of halogens is 1. The van der Waals surface area contributed by atoms with Crippen LogP contribution in [0.4, 0.5) is 22.1 Å². The highest BCUT2D eigenvalue weighted by Crippen LogP contribution is 2.40. The monoisotopic (exact) mass is 371 g/mol. The van der Waals surface area contributed by atoms with E-state index in [0.29, 0.717) is 32.0 Å². The number of hydrogen-bond donors (Lipinski definition) is 1. The molecule has 0 radical (unpaired) electrons. The molecule has 27 heavy (non-hydrogen) atoms. The van der Waals surface area contributed by atoms with Crippen molar-refractivity contribution in [3.05, 3.63) is 18.0 Å². The van der Waals surface area contributed by atoms with Crippen LogP contribution in [0.2, 0.25) is 0 Å². The van der Waals surface area contributed by atoms with Gasteiger partial charge in [-0.1, -0.05) is 0 Å². The van der Waals surface area contributed by atoms with Crippen molar-refractivity contribution in [2.75, 3.05) is 48.4 Å². The highest BCUT2D eigenvalue weighted by atomic mass is 19.1. The number of anilines is 3. The molecule has 9 heteroatoms. The predicted octanol–water partition coefficient (Wildman–Crippen LogP) is 1.22. The van der Waals surface area contributed by atoms with E-state index in [4.69, 9.17) is 20.4 Å². The summed E-state index contributed by atoms with van der Waals surface area (Å²) in [5, 5.41) is 0. The molecule has 3 aliphatic rings. The fraction of sp³-hybridized carbons (Fsp3) is 0.556. The zero-order chi connectivity index (χ0) is 18.4. The number of fused-ring (bicyclic) bond motifs is 1. The first kappa shape index (κ1) is 16.6. The van der Waals surface area contributed by atoms with E-state index >= 15 is 0 Å². The summed E-state index contributed by atoms with van der Waals surface area (Å²) in [6.45, 7) is 3.68. The van der Waals surface area contributed by atoms with E-state index in [-0.39, 0.29) is 12.0 Å². The number of morpholine rings is 1. The number of nitrogen functional groups attached to an aromatic ring is 1. The Kier molecular flexibility index (Phi) is 4.04. The van der Waals surface area contributed by atoms with E-state index in [1.165, 1.54) is 0 Å². The molecule has 1 saturated carbocycles. The molecule has 2 aromatic rings. The number of aromatic nitrogens is 4. The van der Waals surface area contributed by atoms with Gasteiger partial charge in [-0.3, -0.25) is 0 Å². The number of alkyl halides is 1. The minimum absolute atomic E-state index is 0.226. The highest BCUT2D eigenvalue weighted by Gasteiger charge is 2.39. The van der Waals surface area contributed by atoms with Crippen LogP contribution in [-0.2, 0) is 11.2 Å². The largest absolute Gasteiger partial charge is 0.378 e. The van der Waals surface area contributed by atoms with E-state index in [9.17, 15) is 4.39 Å². The molecule has 8 nitrogen and oxygen atoms in total. The molecule has 0 amide bonds. The minimum Gasteiger partial charge on any atom is -0.378 e. The third-order valence-electron chi connectivity index (χ3n) is 5.58. The first-order valence-electron chi connectivity index (χ1n) is 9.41. The summed E-state index contributed by atoms with van der Waals surface area (Å²) in [6.07, 6.45) is 4.72. The van der Waals surface area contributed by atoms with Gasteiger partial charge < -0.3 is 20.3 Å². The lowest BCUT2D eigenvalue weighted by atomic mass is 9.89. The maximum atomic E-state index is 13.4. The number of rotatable bonds is 3.